The lowest BCUT2D eigenvalue weighted by molar-refractivity contribution is 0.174. The Morgan fingerprint density at radius 3 is 3.14 bits per heavy atom. The van der Waals surface area contributed by atoms with Crippen molar-refractivity contribution in [3.63, 3.8) is 0 Å². The zero-order valence-electron chi connectivity index (χ0n) is 12.0. The third kappa shape index (κ3) is 2.30. The van der Waals surface area contributed by atoms with Crippen molar-refractivity contribution in [2.45, 2.75) is 32.2 Å². The van der Waals surface area contributed by atoms with E-state index in [1.807, 2.05) is 23.5 Å². The van der Waals surface area contributed by atoms with Gasteiger partial charge >= 0.3 is 0 Å². The molecule has 4 rings (SSSR count). The number of benzene rings is 1. The molecule has 0 fully saturated rings. The average Bonchev–Trinajstić information content (AvgIpc) is 3.13. The van der Waals surface area contributed by atoms with Gasteiger partial charge in [-0.1, -0.05) is 6.92 Å². The quantitative estimate of drug-likeness (QED) is 0.942. The second kappa shape index (κ2) is 5.31. The van der Waals surface area contributed by atoms with Crippen molar-refractivity contribution >= 4 is 11.3 Å². The fourth-order valence-electron chi connectivity index (χ4n) is 3.02. The highest BCUT2D eigenvalue weighted by molar-refractivity contribution is 7.15. The maximum Gasteiger partial charge on any atom is 0.231 e. The first-order chi connectivity index (χ1) is 10.3. The Kier molecular flexibility index (Phi) is 3.31. The second-order valence-corrected chi connectivity index (χ2v) is 6.48. The Morgan fingerprint density at radius 2 is 2.24 bits per heavy atom. The third-order valence-corrected chi connectivity index (χ3v) is 5.20. The van der Waals surface area contributed by atoms with Gasteiger partial charge in [-0.3, -0.25) is 0 Å². The molecule has 1 aromatic carbocycles. The van der Waals surface area contributed by atoms with Crippen molar-refractivity contribution in [3.05, 3.63) is 28.8 Å². The Hall–Kier alpha value is -1.59. The molecule has 1 unspecified atom stereocenters. The van der Waals surface area contributed by atoms with E-state index in [-0.39, 0.29) is 0 Å². The summed E-state index contributed by atoms with van der Waals surface area (Å²) >= 11 is 1.82. The summed E-state index contributed by atoms with van der Waals surface area (Å²) in [7, 11) is 0. The number of aryl methyl sites for hydroxylation is 1. The first kappa shape index (κ1) is 13.1. The molecule has 0 spiro atoms. The van der Waals surface area contributed by atoms with Crippen LogP contribution in [0, 0.1) is 0 Å². The monoisotopic (exact) mass is 302 g/mol. The van der Waals surface area contributed by atoms with Crippen molar-refractivity contribution in [1.29, 1.82) is 0 Å². The van der Waals surface area contributed by atoms with E-state index in [9.17, 15) is 0 Å². The number of nitrogens with one attached hydrogen (secondary N) is 1. The van der Waals surface area contributed by atoms with Crippen LogP contribution in [0.25, 0.3) is 10.6 Å². The molecule has 1 aliphatic carbocycles. The molecule has 2 heterocycles. The highest BCUT2D eigenvalue weighted by Gasteiger charge is 2.25. The molecule has 0 radical (unpaired) electrons. The maximum absolute atomic E-state index is 5.46. The van der Waals surface area contributed by atoms with Crippen molar-refractivity contribution in [2.24, 2.45) is 0 Å². The molecular formula is C16H18N2O2S. The Morgan fingerprint density at radius 1 is 1.33 bits per heavy atom. The van der Waals surface area contributed by atoms with Crippen LogP contribution in [0.1, 0.15) is 36.4 Å². The molecule has 0 saturated carbocycles. The van der Waals surface area contributed by atoms with Crippen LogP contribution in [-0.4, -0.2) is 18.3 Å². The topological polar surface area (TPSA) is 43.4 Å². The molecule has 4 nitrogen and oxygen atoms in total. The molecule has 5 heteroatoms. The summed E-state index contributed by atoms with van der Waals surface area (Å²) in [6.07, 6.45) is 3.58. The number of hydrogen-bond acceptors (Lipinski definition) is 5. The van der Waals surface area contributed by atoms with E-state index in [1.54, 1.807) is 0 Å². The van der Waals surface area contributed by atoms with Gasteiger partial charge in [-0.25, -0.2) is 4.98 Å². The molecule has 21 heavy (non-hydrogen) atoms. The van der Waals surface area contributed by atoms with Crippen LogP contribution in [0.15, 0.2) is 18.2 Å². The summed E-state index contributed by atoms with van der Waals surface area (Å²) in [5, 5.41) is 4.63. The van der Waals surface area contributed by atoms with Gasteiger partial charge in [0.1, 0.15) is 5.01 Å². The number of hydrogen-bond donors (Lipinski definition) is 1. The van der Waals surface area contributed by atoms with Gasteiger partial charge in [-0.05, 0) is 44.0 Å². The van der Waals surface area contributed by atoms with Gasteiger partial charge in [0.2, 0.25) is 6.79 Å². The van der Waals surface area contributed by atoms with Crippen LogP contribution in [0.2, 0.25) is 0 Å². The molecule has 1 aliphatic heterocycles. The van der Waals surface area contributed by atoms with Crippen LogP contribution >= 0.6 is 11.3 Å². The van der Waals surface area contributed by atoms with Crippen molar-refractivity contribution in [2.75, 3.05) is 13.3 Å². The lowest BCUT2D eigenvalue weighted by atomic mass is 9.97. The highest BCUT2D eigenvalue weighted by Crippen LogP contribution is 2.40. The predicted octanol–water partition coefficient (Wildman–Crippen LogP) is 3.53. The SMILES string of the molecule is CCNC1CCCc2sc(-c3ccc4c(c3)OCO4)nc21. The molecule has 1 aromatic heterocycles. The van der Waals surface area contributed by atoms with E-state index in [1.165, 1.54) is 23.4 Å². The molecule has 1 N–H and O–H groups in total. The fraction of sp³-hybridized carbons (Fsp3) is 0.438. The Bertz CT molecular complexity index is 668. The first-order valence-electron chi connectivity index (χ1n) is 7.48. The molecule has 2 aromatic rings. The van der Waals surface area contributed by atoms with Crippen LogP contribution in [0.3, 0.4) is 0 Å². The largest absolute Gasteiger partial charge is 0.454 e. The number of nitrogens with zero attached hydrogens (tertiary/aromatic N) is 1. The second-order valence-electron chi connectivity index (χ2n) is 5.40. The minimum absolute atomic E-state index is 0.315. The van der Waals surface area contributed by atoms with Crippen molar-refractivity contribution in [1.82, 2.24) is 10.3 Å². The van der Waals surface area contributed by atoms with Gasteiger partial charge in [0, 0.05) is 10.4 Å². The zero-order valence-corrected chi connectivity index (χ0v) is 12.8. The molecule has 110 valence electrons. The van der Waals surface area contributed by atoms with Gasteiger partial charge in [0.05, 0.1) is 11.7 Å². The maximum atomic E-state index is 5.46. The number of fused-ring (bicyclic) bond motifs is 2. The van der Waals surface area contributed by atoms with Crippen molar-refractivity contribution in [3.8, 4) is 22.1 Å². The predicted molar refractivity (Wildman–Crippen MR) is 83.0 cm³/mol. The van der Waals surface area contributed by atoms with Gasteiger partial charge in [-0.2, -0.15) is 0 Å². The van der Waals surface area contributed by atoms with Crippen molar-refractivity contribution < 1.29 is 9.47 Å². The summed E-state index contributed by atoms with van der Waals surface area (Å²) < 4.78 is 10.8. The van der Waals surface area contributed by atoms with Gasteiger partial charge in [-0.15, -0.1) is 11.3 Å². The lowest BCUT2D eigenvalue weighted by Gasteiger charge is -2.21. The van der Waals surface area contributed by atoms with E-state index >= 15 is 0 Å². The summed E-state index contributed by atoms with van der Waals surface area (Å²) in [6.45, 7) is 3.45. The third-order valence-electron chi connectivity index (χ3n) is 4.02. The van der Waals surface area contributed by atoms with E-state index in [4.69, 9.17) is 14.5 Å². The zero-order chi connectivity index (χ0) is 14.2. The molecule has 0 saturated heterocycles. The van der Waals surface area contributed by atoms with Gasteiger partial charge in [0.15, 0.2) is 11.5 Å². The number of ether oxygens (including phenoxy) is 2. The highest BCUT2D eigenvalue weighted by atomic mass is 32.1. The average molecular weight is 302 g/mol. The molecule has 0 amide bonds. The minimum Gasteiger partial charge on any atom is -0.454 e. The molecule has 1 atom stereocenters. The summed E-state index contributed by atoms with van der Waals surface area (Å²) in [5.74, 6) is 1.65. The van der Waals surface area contributed by atoms with Gasteiger partial charge < -0.3 is 14.8 Å². The van der Waals surface area contributed by atoms with E-state index < -0.39 is 0 Å². The molecular weight excluding hydrogens is 284 g/mol. The Balaban J connectivity index is 1.70. The first-order valence-corrected chi connectivity index (χ1v) is 8.30. The summed E-state index contributed by atoms with van der Waals surface area (Å²) in [4.78, 5) is 6.34. The minimum atomic E-state index is 0.315. The number of aromatic nitrogens is 1. The van der Waals surface area contributed by atoms with Crippen LogP contribution in [-0.2, 0) is 6.42 Å². The fourth-order valence-corrected chi connectivity index (χ4v) is 4.18. The molecule has 0 bridgehead atoms. The van der Waals surface area contributed by atoms with E-state index in [0.29, 0.717) is 12.8 Å². The van der Waals surface area contributed by atoms with E-state index in [2.05, 4.69) is 18.3 Å². The van der Waals surface area contributed by atoms with Crippen LogP contribution in [0.5, 0.6) is 11.5 Å². The summed E-state index contributed by atoms with van der Waals surface area (Å²) in [6, 6.07) is 6.49. The van der Waals surface area contributed by atoms with Crippen LogP contribution in [0.4, 0.5) is 0 Å². The number of rotatable bonds is 3. The normalized spacial score (nSPS) is 19.6. The smallest absolute Gasteiger partial charge is 0.231 e. The number of thiazole rings is 1. The van der Waals surface area contributed by atoms with Crippen LogP contribution < -0.4 is 14.8 Å². The Labute approximate surface area is 128 Å². The van der Waals surface area contributed by atoms with E-state index in [0.717, 1.165) is 35.0 Å². The standard InChI is InChI=1S/C16H18N2O2S/c1-2-17-11-4-3-5-14-15(11)18-16(21-14)10-6-7-12-13(8-10)20-9-19-12/h6-8,11,17H,2-5,9H2,1H3. The lowest BCUT2D eigenvalue weighted by Crippen LogP contribution is -2.24. The van der Waals surface area contributed by atoms with Gasteiger partial charge in [0.25, 0.3) is 0 Å². The summed E-state index contributed by atoms with van der Waals surface area (Å²) in [5.41, 5.74) is 2.37. The molecule has 2 aliphatic rings.